The first-order chi connectivity index (χ1) is 9.84. The molecule has 0 fully saturated rings. The minimum Gasteiger partial charge on any atom is -0.308 e. The lowest BCUT2D eigenvalue weighted by Crippen LogP contribution is -2.14. The van der Waals surface area contributed by atoms with Gasteiger partial charge in [-0.1, -0.05) is 20.8 Å². The minimum atomic E-state index is -0.0427. The molecule has 114 valence electrons. The highest BCUT2D eigenvalue weighted by atomic mass is 32.2. The van der Waals surface area contributed by atoms with Crippen molar-refractivity contribution >= 4 is 34.8 Å². The number of aryl methyl sites for hydroxylation is 1. The van der Waals surface area contributed by atoms with Crippen LogP contribution in [0.2, 0.25) is 0 Å². The molecule has 0 saturated heterocycles. The van der Waals surface area contributed by atoms with Gasteiger partial charge in [-0.15, -0.1) is 23.1 Å². The highest BCUT2D eigenvalue weighted by molar-refractivity contribution is 7.99. The number of hydrogen-bond donors (Lipinski definition) is 2. The second-order valence-electron chi connectivity index (χ2n) is 5.82. The second-order valence-corrected chi connectivity index (χ2v) is 7.86. The summed E-state index contributed by atoms with van der Waals surface area (Å²) in [5, 5.41) is 13.0. The molecule has 7 heteroatoms. The van der Waals surface area contributed by atoms with E-state index in [1.165, 1.54) is 0 Å². The summed E-state index contributed by atoms with van der Waals surface area (Å²) in [6.45, 7) is 8.27. The Morgan fingerprint density at radius 3 is 2.81 bits per heavy atom. The number of nitrogens with zero attached hydrogens (tertiary/aromatic N) is 2. The second kappa shape index (κ2) is 6.62. The number of carbonyl (C=O) groups is 1. The van der Waals surface area contributed by atoms with Gasteiger partial charge in [-0.2, -0.15) is 5.10 Å². The fraction of sp³-hybridized carbons (Fsp3) is 0.500. The van der Waals surface area contributed by atoms with Crippen LogP contribution >= 0.6 is 23.1 Å². The Kier molecular flexibility index (Phi) is 5.05. The number of H-pyrrole nitrogens is 1. The molecular formula is C14H20N4OS2. The third kappa shape index (κ3) is 4.86. The third-order valence-corrected chi connectivity index (χ3v) is 4.59. The molecule has 0 aliphatic rings. The molecule has 0 atom stereocenters. The van der Waals surface area contributed by atoms with Gasteiger partial charge in [0.25, 0.3) is 0 Å². The van der Waals surface area contributed by atoms with E-state index in [4.69, 9.17) is 0 Å². The van der Waals surface area contributed by atoms with Crippen LogP contribution in [0.25, 0.3) is 0 Å². The molecule has 1 amide bonds. The number of hydrogen-bond acceptors (Lipinski definition) is 5. The number of thiazole rings is 1. The summed E-state index contributed by atoms with van der Waals surface area (Å²) in [4.78, 5) is 16.2. The van der Waals surface area contributed by atoms with Gasteiger partial charge in [-0.25, -0.2) is 4.98 Å². The van der Waals surface area contributed by atoms with Gasteiger partial charge in [-0.05, 0) is 6.92 Å². The molecule has 0 aromatic carbocycles. The van der Waals surface area contributed by atoms with Crippen molar-refractivity contribution in [3.63, 3.8) is 0 Å². The minimum absolute atomic E-state index is 0.00674. The fourth-order valence-corrected chi connectivity index (χ4v) is 3.11. The predicted octanol–water partition coefficient (Wildman–Crippen LogP) is 3.34. The van der Waals surface area contributed by atoms with Crippen LogP contribution < -0.4 is 5.32 Å². The van der Waals surface area contributed by atoms with Gasteiger partial charge in [0.2, 0.25) is 5.91 Å². The molecule has 2 aromatic heterocycles. The quantitative estimate of drug-likeness (QED) is 0.885. The van der Waals surface area contributed by atoms with Gasteiger partial charge in [0.1, 0.15) is 0 Å². The van der Waals surface area contributed by atoms with Crippen molar-refractivity contribution in [2.24, 2.45) is 0 Å². The smallest absolute Gasteiger partial charge is 0.235 e. The van der Waals surface area contributed by atoms with Crippen molar-refractivity contribution in [3.8, 4) is 0 Å². The van der Waals surface area contributed by atoms with Crippen molar-refractivity contribution in [2.75, 3.05) is 11.1 Å². The van der Waals surface area contributed by atoms with Crippen molar-refractivity contribution in [1.82, 2.24) is 15.2 Å². The molecule has 0 bridgehead atoms. The summed E-state index contributed by atoms with van der Waals surface area (Å²) in [7, 11) is 0. The van der Waals surface area contributed by atoms with Crippen LogP contribution in [0.3, 0.4) is 0 Å². The zero-order valence-electron chi connectivity index (χ0n) is 12.7. The lowest BCUT2D eigenvalue weighted by Gasteiger charge is -2.14. The number of aromatic amines is 1. The maximum Gasteiger partial charge on any atom is 0.235 e. The molecule has 0 radical (unpaired) electrons. The average Bonchev–Trinajstić information content (AvgIpc) is 2.98. The Labute approximate surface area is 132 Å². The summed E-state index contributed by atoms with van der Waals surface area (Å²) in [5.41, 5.74) is 2.03. The lowest BCUT2D eigenvalue weighted by molar-refractivity contribution is -0.113. The first-order valence-electron chi connectivity index (χ1n) is 6.69. The van der Waals surface area contributed by atoms with Crippen LogP contribution in [0.4, 0.5) is 5.82 Å². The topological polar surface area (TPSA) is 70.7 Å². The number of thioether (sulfide) groups is 1. The lowest BCUT2D eigenvalue weighted by atomic mass is 9.92. The highest BCUT2D eigenvalue weighted by Gasteiger charge is 2.17. The number of rotatable bonds is 5. The fourth-order valence-electron chi connectivity index (χ4n) is 1.67. The van der Waals surface area contributed by atoms with E-state index in [0.29, 0.717) is 11.6 Å². The number of amides is 1. The van der Waals surface area contributed by atoms with Gasteiger partial charge in [0, 0.05) is 28.3 Å². The molecule has 0 aliphatic carbocycles. The van der Waals surface area contributed by atoms with Crippen molar-refractivity contribution in [1.29, 1.82) is 0 Å². The van der Waals surface area contributed by atoms with E-state index in [0.717, 1.165) is 22.1 Å². The SMILES string of the molecule is Cc1nc(CSCC(=O)Nc2cc(C(C)(C)C)[nH]n2)cs1. The van der Waals surface area contributed by atoms with Gasteiger partial charge in [-0.3, -0.25) is 9.89 Å². The number of anilines is 1. The summed E-state index contributed by atoms with van der Waals surface area (Å²) >= 11 is 3.19. The molecule has 2 aromatic rings. The number of nitrogens with one attached hydrogen (secondary N) is 2. The first kappa shape index (κ1) is 16.0. The summed E-state index contributed by atoms with van der Waals surface area (Å²) in [5.74, 6) is 1.69. The Balaban J connectivity index is 1.78. The number of aromatic nitrogens is 3. The monoisotopic (exact) mass is 324 g/mol. The van der Waals surface area contributed by atoms with E-state index in [-0.39, 0.29) is 11.3 Å². The van der Waals surface area contributed by atoms with Gasteiger partial charge >= 0.3 is 0 Å². The van der Waals surface area contributed by atoms with E-state index in [9.17, 15) is 4.79 Å². The summed E-state index contributed by atoms with van der Waals surface area (Å²) < 4.78 is 0. The Morgan fingerprint density at radius 1 is 1.48 bits per heavy atom. The molecule has 21 heavy (non-hydrogen) atoms. The summed E-state index contributed by atoms with van der Waals surface area (Å²) in [6, 6.07) is 1.88. The van der Waals surface area contributed by atoms with Crippen LogP contribution in [-0.2, 0) is 16.0 Å². The van der Waals surface area contributed by atoms with Crippen molar-refractivity contribution < 1.29 is 4.79 Å². The molecule has 0 spiro atoms. The molecule has 5 nitrogen and oxygen atoms in total. The first-order valence-corrected chi connectivity index (χ1v) is 8.72. The van der Waals surface area contributed by atoms with E-state index in [2.05, 4.69) is 41.3 Å². The van der Waals surface area contributed by atoms with E-state index in [1.807, 2.05) is 18.4 Å². The predicted molar refractivity (Wildman–Crippen MR) is 88.9 cm³/mol. The maximum absolute atomic E-state index is 11.9. The molecule has 2 N–H and O–H groups in total. The maximum atomic E-state index is 11.9. The normalized spacial score (nSPS) is 11.6. The Morgan fingerprint density at radius 2 is 2.24 bits per heavy atom. The number of carbonyl (C=O) groups excluding carboxylic acids is 1. The molecule has 0 unspecified atom stereocenters. The van der Waals surface area contributed by atoms with E-state index >= 15 is 0 Å². The molecule has 0 saturated carbocycles. The van der Waals surface area contributed by atoms with Crippen LogP contribution in [0.1, 0.15) is 37.2 Å². The van der Waals surface area contributed by atoms with Gasteiger partial charge in [0.05, 0.1) is 16.5 Å². The zero-order valence-corrected chi connectivity index (χ0v) is 14.3. The zero-order chi connectivity index (χ0) is 15.5. The van der Waals surface area contributed by atoms with Gasteiger partial charge in [0.15, 0.2) is 5.82 Å². The Hall–Kier alpha value is -1.34. The van der Waals surface area contributed by atoms with Crippen LogP contribution in [0, 0.1) is 6.92 Å². The largest absolute Gasteiger partial charge is 0.308 e. The molecular weight excluding hydrogens is 304 g/mol. The van der Waals surface area contributed by atoms with Crippen LogP contribution in [0.5, 0.6) is 0 Å². The average molecular weight is 324 g/mol. The summed E-state index contributed by atoms with van der Waals surface area (Å²) in [6.07, 6.45) is 0. The van der Waals surface area contributed by atoms with Crippen LogP contribution in [0.15, 0.2) is 11.4 Å². The molecule has 2 heterocycles. The highest BCUT2D eigenvalue weighted by Crippen LogP contribution is 2.22. The van der Waals surface area contributed by atoms with Crippen LogP contribution in [-0.4, -0.2) is 26.8 Å². The van der Waals surface area contributed by atoms with Crippen molar-refractivity contribution in [3.05, 3.63) is 27.8 Å². The molecule has 2 rings (SSSR count). The van der Waals surface area contributed by atoms with Crippen molar-refractivity contribution in [2.45, 2.75) is 38.9 Å². The Bertz CT molecular complexity index is 613. The van der Waals surface area contributed by atoms with E-state index < -0.39 is 0 Å². The van der Waals surface area contributed by atoms with E-state index in [1.54, 1.807) is 23.1 Å². The molecule has 0 aliphatic heterocycles. The third-order valence-electron chi connectivity index (χ3n) is 2.80. The standard InChI is InChI=1S/C14H20N4OS2/c1-9-15-10(7-21-9)6-20-8-13(19)16-12-5-11(17-18-12)14(2,3)4/h5,7H,6,8H2,1-4H3,(H2,16,17,18,19). The van der Waals surface area contributed by atoms with Gasteiger partial charge < -0.3 is 5.32 Å².